The zero-order valence-corrected chi connectivity index (χ0v) is 8.97. The van der Waals surface area contributed by atoms with Gasteiger partial charge in [0.15, 0.2) is 0 Å². The Morgan fingerprint density at radius 2 is 1.81 bits per heavy atom. The Kier molecular flexibility index (Phi) is 3.17. The lowest BCUT2D eigenvalue weighted by atomic mass is 10.2. The molecule has 3 heteroatoms. The van der Waals surface area contributed by atoms with Crippen LogP contribution >= 0.6 is 0 Å². The Balaban J connectivity index is 2.26. The summed E-state index contributed by atoms with van der Waals surface area (Å²) in [5.41, 5.74) is 7.45. The standard InChI is InChI=1S/C13H14N2O/c14-9-12-6-7-15(13(16)8-12)10-11-4-2-1-3-5-11/h1-8H,9-10,14H2. The van der Waals surface area contributed by atoms with Crippen molar-refractivity contribution in [2.24, 2.45) is 5.73 Å². The van der Waals surface area contributed by atoms with Crippen LogP contribution in [0.2, 0.25) is 0 Å². The van der Waals surface area contributed by atoms with Gasteiger partial charge in [0.1, 0.15) is 0 Å². The van der Waals surface area contributed by atoms with Gasteiger partial charge >= 0.3 is 0 Å². The highest BCUT2D eigenvalue weighted by molar-refractivity contribution is 5.16. The normalized spacial score (nSPS) is 10.3. The molecule has 82 valence electrons. The molecule has 0 bridgehead atoms. The molecule has 1 aromatic carbocycles. The van der Waals surface area contributed by atoms with E-state index in [1.165, 1.54) is 0 Å². The molecule has 0 amide bonds. The van der Waals surface area contributed by atoms with E-state index < -0.39 is 0 Å². The molecule has 1 heterocycles. The predicted molar refractivity (Wildman–Crippen MR) is 64.1 cm³/mol. The van der Waals surface area contributed by atoms with Gasteiger partial charge < -0.3 is 10.3 Å². The molecule has 2 rings (SSSR count). The highest BCUT2D eigenvalue weighted by Gasteiger charge is 1.98. The van der Waals surface area contributed by atoms with Gasteiger partial charge in [-0.15, -0.1) is 0 Å². The zero-order chi connectivity index (χ0) is 11.4. The van der Waals surface area contributed by atoms with Crippen LogP contribution in [0.3, 0.4) is 0 Å². The molecular weight excluding hydrogens is 200 g/mol. The predicted octanol–water partition coefficient (Wildman–Crippen LogP) is 1.36. The molecule has 0 fully saturated rings. The Hall–Kier alpha value is -1.87. The lowest BCUT2D eigenvalue weighted by Gasteiger charge is -2.06. The van der Waals surface area contributed by atoms with Crippen molar-refractivity contribution in [2.75, 3.05) is 0 Å². The maximum atomic E-state index is 11.7. The number of hydrogen-bond donors (Lipinski definition) is 1. The van der Waals surface area contributed by atoms with Crippen LogP contribution in [0.25, 0.3) is 0 Å². The second kappa shape index (κ2) is 4.77. The van der Waals surface area contributed by atoms with Crippen molar-refractivity contribution in [1.29, 1.82) is 0 Å². The first-order valence-corrected chi connectivity index (χ1v) is 5.23. The van der Waals surface area contributed by atoms with E-state index >= 15 is 0 Å². The number of rotatable bonds is 3. The van der Waals surface area contributed by atoms with E-state index in [9.17, 15) is 4.79 Å². The maximum Gasteiger partial charge on any atom is 0.251 e. The van der Waals surface area contributed by atoms with Gasteiger partial charge in [-0.2, -0.15) is 0 Å². The van der Waals surface area contributed by atoms with Crippen LogP contribution in [-0.2, 0) is 13.1 Å². The number of pyridine rings is 1. The van der Waals surface area contributed by atoms with E-state index in [2.05, 4.69) is 0 Å². The van der Waals surface area contributed by atoms with E-state index in [0.717, 1.165) is 11.1 Å². The van der Waals surface area contributed by atoms with E-state index in [1.807, 2.05) is 36.4 Å². The van der Waals surface area contributed by atoms with Crippen molar-refractivity contribution in [1.82, 2.24) is 4.57 Å². The van der Waals surface area contributed by atoms with E-state index in [1.54, 1.807) is 16.8 Å². The second-order valence-electron chi connectivity index (χ2n) is 3.69. The van der Waals surface area contributed by atoms with Gasteiger partial charge in [0.25, 0.3) is 5.56 Å². The molecule has 0 aliphatic heterocycles. The van der Waals surface area contributed by atoms with Crippen LogP contribution in [0.5, 0.6) is 0 Å². The van der Waals surface area contributed by atoms with E-state index in [4.69, 9.17) is 5.73 Å². The summed E-state index contributed by atoms with van der Waals surface area (Å²) in [7, 11) is 0. The quantitative estimate of drug-likeness (QED) is 0.838. The highest BCUT2D eigenvalue weighted by atomic mass is 16.1. The molecule has 2 aromatic rings. The van der Waals surface area contributed by atoms with Gasteiger partial charge in [-0.25, -0.2) is 0 Å². The molecule has 0 saturated heterocycles. The molecule has 0 unspecified atom stereocenters. The van der Waals surface area contributed by atoms with Crippen molar-refractivity contribution >= 4 is 0 Å². The van der Waals surface area contributed by atoms with Crippen molar-refractivity contribution in [2.45, 2.75) is 13.1 Å². The first-order valence-electron chi connectivity index (χ1n) is 5.23. The topological polar surface area (TPSA) is 48.0 Å². The lowest BCUT2D eigenvalue weighted by Crippen LogP contribution is -2.20. The zero-order valence-electron chi connectivity index (χ0n) is 8.97. The first kappa shape index (κ1) is 10.6. The monoisotopic (exact) mass is 214 g/mol. The third kappa shape index (κ3) is 2.38. The molecule has 2 N–H and O–H groups in total. The molecule has 0 radical (unpaired) electrons. The van der Waals surface area contributed by atoms with Crippen LogP contribution in [-0.4, -0.2) is 4.57 Å². The average molecular weight is 214 g/mol. The summed E-state index contributed by atoms with van der Waals surface area (Å²) in [6.07, 6.45) is 1.79. The van der Waals surface area contributed by atoms with Crippen LogP contribution in [0.15, 0.2) is 53.5 Å². The largest absolute Gasteiger partial charge is 0.326 e. The smallest absolute Gasteiger partial charge is 0.251 e. The summed E-state index contributed by atoms with van der Waals surface area (Å²) in [6, 6.07) is 13.4. The summed E-state index contributed by atoms with van der Waals surface area (Å²) in [4.78, 5) is 11.7. The molecule has 3 nitrogen and oxygen atoms in total. The molecule has 1 aromatic heterocycles. The molecule has 0 spiro atoms. The molecular formula is C13H14N2O. The SMILES string of the molecule is NCc1ccn(Cc2ccccc2)c(=O)c1. The third-order valence-electron chi connectivity index (χ3n) is 2.49. The molecule has 0 aliphatic carbocycles. The highest BCUT2D eigenvalue weighted by Crippen LogP contribution is 2.01. The second-order valence-corrected chi connectivity index (χ2v) is 3.69. The summed E-state index contributed by atoms with van der Waals surface area (Å²) >= 11 is 0. The summed E-state index contributed by atoms with van der Waals surface area (Å²) in [5.74, 6) is 0. The number of nitrogens with zero attached hydrogens (tertiary/aromatic N) is 1. The van der Waals surface area contributed by atoms with Crippen LogP contribution < -0.4 is 11.3 Å². The van der Waals surface area contributed by atoms with E-state index in [-0.39, 0.29) is 5.56 Å². The molecule has 0 aliphatic rings. The fourth-order valence-electron chi connectivity index (χ4n) is 1.59. The van der Waals surface area contributed by atoms with Gasteiger partial charge in [-0.1, -0.05) is 30.3 Å². The van der Waals surface area contributed by atoms with Crippen LogP contribution in [0, 0.1) is 0 Å². The third-order valence-corrected chi connectivity index (χ3v) is 2.49. The Bertz CT molecular complexity index is 517. The number of nitrogens with two attached hydrogens (primary N) is 1. The molecule has 0 saturated carbocycles. The summed E-state index contributed by atoms with van der Waals surface area (Å²) in [5, 5.41) is 0. The number of aromatic nitrogens is 1. The van der Waals surface area contributed by atoms with E-state index in [0.29, 0.717) is 13.1 Å². The van der Waals surface area contributed by atoms with Crippen molar-refractivity contribution < 1.29 is 0 Å². The Labute approximate surface area is 94.1 Å². The minimum atomic E-state index is -0.00759. The maximum absolute atomic E-state index is 11.7. The fraction of sp³-hybridized carbons (Fsp3) is 0.154. The van der Waals surface area contributed by atoms with Crippen molar-refractivity contribution in [3.05, 3.63) is 70.1 Å². The van der Waals surface area contributed by atoms with Crippen molar-refractivity contribution in [3.8, 4) is 0 Å². The Morgan fingerprint density at radius 3 is 2.44 bits per heavy atom. The van der Waals surface area contributed by atoms with Crippen LogP contribution in [0.4, 0.5) is 0 Å². The summed E-state index contributed by atoms with van der Waals surface area (Å²) in [6.45, 7) is 1.01. The minimum Gasteiger partial charge on any atom is -0.326 e. The Morgan fingerprint density at radius 1 is 1.06 bits per heavy atom. The lowest BCUT2D eigenvalue weighted by molar-refractivity contribution is 0.754. The van der Waals surface area contributed by atoms with Crippen molar-refractivity contribution in [3.63, 3.8) is 0 Å². The first-order chi connectivity index (χ1) is 7.79. The fourth-order valence-corrected chi connectivity index (χ4v) is 1.59. The van der Waals surface area contributed by atoms with Gasteiger partial charge in [0.2, 0.25) is 0 Å². The number of hydrogen-bond acceptors (Lipinski definition) is 2. The van der Waals surface area contributed by atoms with Crippen LogP contribution in [0.1, 0.15) is 11.1 Å². The average Bonchev–Trinajstić information content (AvgIpc) is 2.33. The van der Waals surface area contributed by atoms with Gasteiger partial charge in [0, 0.05) is 18.8 Å². The summed E-state index contributed by atoms with van der Waals surface area (Å²) < 4.78 is 1.68. The van der Waals surface area contributed by atoms with Gasteiger partial charge in [0.05, 0.1) is 6.54 Å². The molecule has 16 heavy (non-hydrogen) atoms. The number of benzene rings is 1. The van der Waals surface area contributed by atoms with Gasteiger partial charge in [-0.3, -0.25) is 4.79 Å². The minimum absolute atomic E-state index is 0.00759. The van der Waals surface area contributed by atoms with Gasteiger partial charge in [-0.05, 0) is 17.2 Å². The molecule has 0 atom stereocenters.